The molecule has 3 heteroatoms. The molecule has 0 bridgehead atoms. The van der Waals surface area contributed by atoms with Crippen molar-refractivity contribution in [2.24, 2.45) is 5.92 Å². The molecule has 2 rings (SSSR count). The highest BCUT2D eigenvalue weighted by Gasteiger charge is 2.17. The van der Waals surface area contributed by atoms with Crippen LogP contribution in [0.4, 0.5) is 5.69 Å². The van der Waals surface area contributed by atoms with Gasteiger partial charge in [-0.1, -0.05) is 0 Å². The van der Waals surface area contributed by atoms with Crippen molar-refractivity contribution in [1.29, 1.82) is 0 Å². The number of benzene rings is 1. The Hall–Kier alpha value is -1.22. The van der Waals surface area contributed by atoms with Crippen LogP contribution < -0.4 is 10.5 Å². The number of likely N-dealkylation sites (tertiary alicyclic amines) is 1. The molecule has 0 saturated carbocycles. The molecule has 0 aliphatic carbocycles. The molecule has 0 aromatic heterocycles. The summed E-state index contributed by atoms with van der Waals surface area (Å²) in [6.07, 6.45) is 2.56. The van der Waals surface area contributed by atoms with Gasteiger partial charge in [0, 0.05) is 18.2 Å². The second-order valence-electron chi connectivity index (χ2n) is 4.65. The Morgan fingerprint density at radius 3 is 2.81 bits per heavy atom. The van der Waals surface area contributed by atoms with Gasteiger partial charge in [0.15, 0.2) is 0 Å². The van der Waals surface area contributed by atoms with Crippen LogP contribution in [0.2, 0.25) is 0 Å². The summed E-state index contributed by atoms with van der Waals surface area (Å²) in [7, 11) is 2.18. The molecule has 88 valence electrons. The minimum Gasteiger partial charge on any atom is -0.493 e. The molecule has 1 aromatic carbocycles. The Morgan fingerprint density at radius 2 is 2.12 bits per heavy atom. The van der Waals surface area contributed by atoms with Crippen LogP contribution in [0.5, 0.6) is 5.75 Å². The Balaban J connectivity index is 1.80. The zero-order valence-corrected chi connectivity index (χ0v) is 9.86. The minimum absolute atomic E-state index is 0.663. The van der Waals surface area contributed by atoms with Crippen LogP contribution in [-0.2, 0) is 0 Å². The predicted octanol–water partition coefficient (Wildman–Crippen LogP) is 1.99. The van der Waals surface area contributed by atoms with Crippen LogP contribution in [0.1, 0.15) is 12.8 Å². The molecule has 1 saturated heterocycles. The van der Waals surface area contributed by atoms with Gasteiger partial charge < -0.3 is 15.4 Å². The van der Waals surface area contributed by atoms with E-state index >= 15 is 0 Å². The highest BCUT2D eigenvalue weighted by molar-refractivity contribution is 5.41. The van der Waals surface area contributed by atoms with Gasteiger partial charge in [-0.25, -0.2) is 0 Å². The maximum atomic E-state index is 5.77. The molecule has 1 heterocycles. The standard InChI is InChI=1S/C13H20N2O/c1-15-8-2-3-11(9-15)10-16-13-6-4-12(14)5-7-13/h4-7,11H,2-3,8-10,14H2,1H3/t11-/m1/s1. The van der Waals surface area contributed by atoms with Gasteiger partial charge in [-0.15, -0.1) is 0 Å². The summed E-state index contributed by atoms with van der Waals surface area (Å²) < 4.78 is 5.77. The largest absolute Gasteiger partial charge is 0.493 e. The van der Waals surface area contributed by atoms with Crippen molar-refractivity contribution < 1.29 is 4.74 Å². The lowest BCUT2D eigenvalue weighted by molar-refractivity contribution is 0.150. The summed E-state index contributed by atoms with van der Waals surface area (Å²) in [5.74, 6) is 1.58. The molecule has 0 radical (unpaired) electrons. The van der Waals surface area contributed by atoms with E-state index in [0.717, 1.165) is 24.6 Å². The number of rotatable bonds is 3. The number of hydrogen-bond donors (Lipinski definition) is 1. The summed E-state index contributed by atoms with van der Waals surface area (Å²) in [5, 5.41) is 0. The second-order valence-corrected chi connectivity index (χ2v) is 4.65. The van der Waals surface area contributed by atoms with E-state index in [0.29, 0.717) is 5.92 Å². The fourth-order valence-corrected chi connectivity index (χ4v) is 2.19. The molecule has 1 aliphatic heterocycles. The lowest BCUT2D eigenvalue weighted by Gasteiger charge is -2.29. The highest BCUT2D eigenvalue weighted by Crippen LogP contribution is 2.18. The molecule has 1 aliphatic rings. The lowest BCUT2D eigenvalue weighted by Crippen LogP contribution is -2.34. The van der Waals surface area contributed by atoms with Gasteiger partial charge in [0.05, 0.1) is 6.61 Å². The first-order chi connectivity index (χ1) is 7.74. The van der Waals surface area contributed by atoms with E-state index in [1.54, 1.807) is 0 Å². The summed E-state index contributed by atoms with van der Waals surface area (Å²) in [6, 6.07) is 7.62. The third-order valence-electron chi connectivity index (χ3n) is 3.09. The summed E-state index contributed by atoms with van der Waals surface area (Å²) in [5.41, 5.74) is 6.40. The number of hydrogen-bond acceptors (Lipinski definition) is 3. The number of nitrogen functional groups attached to an aromatic ring is 1. The topological polar surface area (TPSA) is 38.5 Å². The first-order valence-electron chi connectivity index (χ1n) is 5.91. The fraction of sp³-hybridized carbons (Fsp3) is 0.538. The van der Waals surface area contributed by atoms with Crippen molar-refractivity contribution in [3.05, 3.63) is 24.3 Å². The predicted molar refractivity (Wildman–Crippen MR) is 66.6 cm³/mol. The van der Waals surface area contributed by atoms with Crippen LogP contribution in [0.15, 0.2) is 24.3 Å². The molecule has 0 amide bonds. The fourth-order valence-electron chi connectivity index (χ4n) is 2.19. The van der Waals surface area contributed by atoms with Crippen molar-refractivity contribution in [1.82, 2.24) is 4.90 Å². The van der Waals surface area contributed by atoms with Crippen molar-refractivity contribution in [3.63, 3.8) is 0 Å². The molecular formula is C13H20N2O. The average Bonchev–Trinajstić information content (AvgIpc) is 2.28. The lowest BCUT2D eigenvalue weighted by atomic mass is 10.00. The molecular weight excluding hydrogens is 200 g/mol. The first-order valence-corrected chi connectivity index (χ1v) is 5.91. The Bertz CT molecular complexity index is 323. The normalized spacial score (nSPS) is 21.9. The number of ether oxygens (including phenoxy) is 1. The SMILES string of the molecule is CN1CCC[C@@H](COc2ccc(N)cc2)C1. The Kier molecular flexibility index (Phi) is 3.67. The molecule has 0 spiro atoms. The molecule has 0 unspecified atom stereocenters. The monoisotopic (exact) mass is 220 g/mol. The smallest absolute Gasteiger partial charge is 0.119 e. The van der Waals surface area contributed by atoms with E-state index in [1.807, 2.05) is 24.3 Å². The minimum atomic E-state index is 0.663. The summed E-state index contributed by atoms with van der Waals surface area (Å²) in [4.78, 5) is 2.38. The zero-order valence-electron chi connectivity index (χ0n) is 9.86. The molecule has 1 fully saturated rings. The van der Waals surface area contributed by atoms with Gasteiger partial charge in [0.25, 0.3) is 0 Å². The average molecular weight is 220 g/mol. The van der Waals surface area contributed by atoms with Gasteiger partial charge in [0.2, 0.25) is 0 Å². The highest BCUT2D eigenvalue weighted by atomic mass is 16.5. The quantitative estimate of drug-likeness (QED) is 0.792. The van der Waals surface area contributed by atoms with Gasteiger partial charge in [-0.2, -0.15) is 0 Å². The number of anilines is 1. The van der Waals surface area contributed by atoms with Crippen LogP contribution in [0, 0.1) is 5.92 Å². The van der Waals surface area contributed by atoms with Crippen molar-refractivity contribution in [3.8, 4) is 5.75 Å². The van der Waals surface area contributed by atoms with Crippen LogP contribution in [0.25, 0.3) is 0 Å². The van der Waals surface area contributed by atoms with Crippen LogP contribution in [-0.4, -0.2) is 31.6 Å². The second kappa shape index (κ2) is 5.21. The van der Waals surface area contributed by atoms with E-state index in [1.165, 1.54) is 19.4 Å². The Morgan fingerprint density at radius 1 is 1.38 bits per heavy atom. The maximum Gasteiger partial charge on any atom is 0.119 e. The summed E-state index contributed by atoms with van der Waals surface area (Å²) >= 11 is 0. The van der Waals surface area contributed by atoms with Gasteiger partial charge in [-0.05, 0) is 50.7 Å². The van der Waals surface area contributed by atoms with E-state index in [2.05, 4.69) is 11.9 Å². The molecule has 3 nitrogen and oxygen atoms in total. The van der Waals surface area contributed by atoms with Crippen LogP contribution in [0.3, 0.4) is 0 Å². The first kappa shape index (κ1) is 11.3. The number of nitrogens with two attached hydrogens (primary N) is 1. The Labute approximate surface area is 97.2 Å². The molecule has 1 aromatic rings. The van der Waals surface area contributed by atoms with Crippen LogP contribution >= 0.6 is 0 Å². The number of piperidine rings is 1. The zero-order chi connectivity index (χ0) is 11.4. The molecule has 1 atom stereocenters. The van der Waals surface area contributed by atoms with E-state index in [4.69, 9.17) is 10.5 Å². The van der Waals surface area contributed by atoms with Gasteiger partial charge in [-0.3, -0.25) is 0 Å². The third-order valence-corrected chi connectivity index (χ3v) is 3.09. The van der Waals surface area contributed by atoms with Gasteiger partial charge in [0.1, 0.15) is 5.75 Å². The maximum absolute atomic E-state index is 5.77. The van der Waals surface area contributed by atoms with Gasteiger partial charge >= 0.3 is 0 Å². The number of nitrogens with zero attached hydrogens (tertiary/aromatic N) is 1. The van der Waals surface area contributed by atoms with E-state index in [-0.39, 0.29) is 0 Å². The van der Waals surface area contributed by atoms with Crippen molar-refractivity contribution in [2.45, 2.75) is 12.8 Å². The third kappa shape index (κ3) is 3.14. The van der Waals surface area contributed by atoms with Crippen molar-refractivity contribution in [2.75, 3.05) is 32.5 Å². The molecule has 2 N–H and O–H groups in total. The molecule has 16 heavy (non-hydrogen) atoms. The van der Waals surface area contributed by atoms with E-state index < -0.39 is 0 Å². The van der Waals surface area contributed by atoms with Crippen molar-refractivity contribution >= 4 is 5.69 Å². The summed E-state index contributed by atoms with van der Waals surface area (Å²) in [6.45, 7) is 3.18. The van der Waals surface area contributed by atoms with E-state index in [9.17, 15) is 0 Å².